The number of benzene rings is 1. The third-order valence-corrected chi connectivity index (χ3v) is 5.16. The third kappa shape index (κ3) is 4.79. The molecule has 0 saturated carbocycles. The molecule has 2 aromatic rings. The lowest BCUT2D eigenvalue weighted by molar-refractivity contribution is 0.314. The first-order valence-corrected chi connectivity index (χ1v) is 8.53. The van der Waals surface area contributed by atoms with Gasteiger partial charge in [-0.25, -0.2) is 0 Å². The Bertz CT molecular complexity index is 591. The predicted molar refractivity (Wildman–Crippen MR) is 90.7 cm³/mol. The van der Waals surface area contributed by atoms with E-state index in [1.54, 1.807) is 23.5 Å². The molecule has 0 radical (unpaired) electrons. The average molecular weight is 416 g/mol. The molecular weight excluding hydrogens is 404 g/mol. The Morgan fingerprint density at radius 1 is 1.15 bits per heavy atom. The molecule has 0 spiro atoms. The molecule has 1 heterocycles. The molecule has 0 aliphatic carbocycles. The molecule has 0 saturated heterocycles. The summed E-state index contributed by atoms with van der Waals surface area (Å²) in [5, 5.41) is 4.38. The minimum Gasteiger partial charge on any atom is -0.491 e. The Balaban J connectivity index is 1.75. The third-order valence-electron chi connectivity index (χ3n) is 2.44. The second-order valence-corrected chi connectivity index (χ2v) is 7.40. The first kappa shape index (κ1) is 16.4. The lowest BCUT2D eigenvalue weighted by atomic mass is 10.3. The maximum Gasteiger partial charge on any atom is 0.139 e. The smallest absolute Gasteiger partial charge is 0.139 e. The summed E-state index contributed by atoms with van der Waals surface area (Å²) in [6.45, 7) is 1.99. The van der Waals surface area contributed by atoms with E-state index in [0.29, 0.717) is 28.9 Å². The molecule has 2 rings (SSSR count). The van der Waals surface area contributed by atoms with Crippen molar-refractivity contribution in [3.05, 3.63) is 48.0 Å². The molecule has 108 valence electrons. The lowest BCUT2D eigenvalue weighted by Gasteiger charge is -2.09. The second-order valence-electron chi connectivity index (χ2n) is 3.93. The largest absolute Gasteiger partial charge is 0.491 e. The van der Waals surface area contributed by atoms with Crippen LogP contribution < -0.4 is 10.1 Å². The fourth-order valence-corrected chi connectivity index (χ4v) is 3.41. The fraction of sp³-hybridized carbons (Fsp3) is 0.231. The molecule has 0 bridgehead atoms. The Morgan fingerprint density at radius 2 is 1.95 bits per heavy atom. The van der Waals surface area contributed by atoms with Crippen LogP contribution in [0, 0.1) is 0 Å². The fourth-order valence-electron chi connectivity index (χ4n) is 1.51. The van der Waals surface area contributed by atoms with Crippen LogP contribution in [0.3, 0.4) is 0 Å². The van der Waals surface area contributed by atoms with Gasteiger partial charge in [0.15, 0.2) is 0 Å². The Labute approximate surface area is 145 Å². The van der Waals surface area contributed by atoms with Gasteiger partial charge in [0.25, 0.3) is 0 Å². The highest BCUT2D eigenvalue weighted by molar-refractivity contribution is 9.10. The quantitative estimate of drug-likeness (QED) is 0.487. The van der Waals surface area contributed by atoms with Crippen molar-refractivity contribution in [1.82, 2.24) is 5.32 Å². The van der Waals surface area contributed by atoms with Gasteiger partial charge in [-0.1, -0.05) is 34.8 Å². The van der Waals surface area contributed by atoms with Crippen LogP contribution >= 0.6 is 62.1 Å². The molecule has 7 heteroatoms. The molecule has 0 aliphatic rings. The number of thiophene rings is 1. The lowest BCUT2D eigenvalue weighted by Crippen LogP contribution is -2.20. The molecule has 0 fully saturated rings. The van der Waals surface area contributed by atoms with Crippen molar-refractivity contribution in [1.29, 1.82) is 0 Å². The minimum atomic E-state index is 0.511. The van der Waals surface area contributed by atoms with Gasteiger partial charge in [-0.05, 0) is 34.1 Å². The maximum atomic E-state index is 6.07. The van der Waals surface area contributed by atoms with Crippen molar-refractivity contribution < 1.29 is 4.74 Å². The van der Waals surface area contributed by atoms with Crippen LogP contribution in [-0.2, 0) is 6.54 Å². The van der Waals surface area contributed by atoms with Gasteiger partial charge in [0.2, 0.25) is 0 Å². The van der Waals surface area contributed by atoms with E-state index >= 15 is 0 Å². The van der Waals surface area contributed by atoms with Gasteiger partial charge in [-0.3, -0.25) is 0 Å². The van der Waals surface area contributed by atoms with Crippen molar-refractivity contribution in [2.24, 2.45) is 0 Å². The summed E-state index contributed by atoms with van der Waals surface area (Å²) in [5.41, 5.74) is 0. The van der Waals surface area contributed by atoms with Gasteiger partial charge in [-0.2, -0.15) is 0 Å². The number of hydrogen-bond donors (Lipinski definition) is 1. The maximum absolute atomic E-state index is 6.07. The Kier molecular flexibility index (Phi) is 6.46. The van der Waals surface area contributed by atoms with Gasteiger partial charge in [0, 0.05) is 28.5 Å². The van der Waals surface area contributed by atoms with Gasteiger partial charge in [-0.15, -0.1) is 11.3 Å². The molecule has 0 amide bonds. The SMILES string of the molecule is Clc1ccc(CNCCOc2cc(Cl)c(Br)cc2Cl)s1. The topological polar surface area (TPSA) is 21.3 Å². The zero-order valence-corrected chi connectivity index (χ0v) is 14.9. The molecule has 2 nitrogen and oxygen atoms in total. The number of nitrogens with one attached hydrogen (secondary N) is 1. The summed E-state index contributed by atoms with van der Waals surface area (Å²) < 4.78 is 7.15. The van der Waals surface area contributed by atoms with E-state index in [0.717, 1.165) is 15.4 Å². The van der Waals surface area contributed by atoms with Crippen LogP contribution in [0.4, 0.5) is 0 Å². The number of halogens is 4. The summed E-state index contributed by atoms with van der Waals surface area (Å²) in [6.07, 6.45) is 0. The normalized spacial score (nSPS) is 10.8. The van der Waals surface area contributed by atoms with E-state index in [1.807, 2.05) is 12.1 Å². The van der Waals surface area contributed by atoms with Gasteiger partial charge in [0.1, 0.15) is 12.4 Å². The highest BCUT2D eigenvalue weighted by atomic mass is 79.9. The predicted octanol–water partition coefficient (Wildman–Crippen LogP) is 5.64. The second kappa shape index (κ2) is 7.87. The molecule has 20 heavy (non-hydrogen) atoms. The zero-order valence-electron chi connectivity index (χ0n) is 10.3. The average Bonchev–Trinajstić information content (AvgIpc) is 2.81. The highest BCUT2D eigenvalue weighted by Crippen LogP contribution is 2.33. The van der Waals surface area contributed by atoms with Crippen LogP contribution in [0.15, 0.2) is 28.7 Å². The van der Waals surface area contributed by atoms with Crippen molar-refractivity contribution in [2.75, 3.05) is 13.2 Å². The van der Waals surface area contributed by atoms with E-state index in [-0.39, 0.29) is 0 Å². The molecule has 1 aromatic carbocycles. The van der Waals surface area contributed by atoms with Crippen LogP contribution in [0.5, 0.6) is 5.75 Å². The highest BCUT2D eigenvalue weighted by Gasteiger charge is 2.06. The van der Waals surface area contributed by atoms with Crippen molar-refractivity contribution in [3.8, 4) is 5.75 Å². The van der Waals surface area contributed by atoms with Crippen LogP contribution in [0.25, 0.3) is 0 Å². The Hall–Kier alpha value is 0.0300. The van der Waals surface area contributed by atoms with Crippen LogP contribution in [-0.4, -0.2) is 13.2 Å². The van der Waals surface area contributed by atoms with E-state index in [9.17, 15) is 0 Å². The molecule has 1 N–H and O–H groups in total. The number of hydrogen-bond acceptors (Lipinski definition) is 3. The minimum absolute atomic E-state index is 0.511. The van der Waals surface area contributed by atoms with Crippen LogP contribution in [0.2, 0.25) is 14.4 Å². The standard InChI is InChI=1S/C13H11BrCl3NOS/c14-9-5-11(16)12(6-10(9)15)19-4-3-18-7-8-1-2-13(17)20-8/h1-2,5-6,18H,3-4,7H2. The van der Waals surface area contributed by atoms with Crippen molar-refractivity contribution in [2.45, 2.75) is 6.54 Å². The summed E-state index contributed by atoms with van der Waals surface area (Å²) in [4.78, 5) is 1.19. The van der Waals surface area contributed by atoms with Gasteiger partial charge < -0.3 is 10.1 Å². The van der Waals surface area contributed by atoms with E-state index < -0.39 is 0 Å². The first-order valence-electron chi connectivity index (χ1n) is 5.78. The van der Waals surface area contributed by atoms with E-state index in [1.165, 1.54) is 4.88 Å². The summed E-state index contributed by atoms with van der Waals surface area (Å²) in [6, 6.07) is 7.32. The van der Waals surface area contributed by atoms with E-state index in [2.05, 4.69) is 21.2 Å². The number of rotatable bonds is 6. The van der Waals surface area contributed by atoms with Crippen LogP contribution in [0.1, 0.15) is 4.88 Å². The van der Waals surface area contributed by atoms with Crippen molar-refractivity contribution >= 4 is 62.1 Å². The molecular formula is C13H11BrCl3NOS. The molecule has 0 unspecified atom stereocenters. The van der Waals surface area contributed by atoms with Gasteiger partial charge in [0.05, 0.1) is 14.4 Å². The Morgan fingerprint density at radius 3 is 2.65 bits per heavy atom. The molecule has 0 atom stereocenters. The monoisotopic (exact) mass is 413 g/mol. The number of ether oxygens (including phenoxy) is 1. The first-order chi connectivity index (χ1) is 9.56. The molecule has 1 aromatic heterocycles. The van der Waals surface area contributed by atoms with Gasteiger partial charge >= 0.3 is 0 Å². The molecule has 0 aliphatic heterocycles. The summed E-state index contributed by atoms with van der Waals surface area (Å²) >= 11 is 22.8. The van der Waals surface area contributed by atoms with E-state index in [4.69, 9.17) is 39.5 Å². The van der Waals surface area contributed by atoms with Crippen molar-refractivity contribution in [3.63, 3.8) is 0 Å². The zero-order chi connectivity index (χ0) is 14.5. The summed E-state index contributed by atoms with van der Waals surface area (Å²) in [5.74, 6) is 0.584. The summed E-state index contributed by atoms with van der Waals surface area (Å²) in [7, 11) is 0.